The van der Waals surface area contributed by atoms with E-state index in [1.54, 1.807) is 47.4 Å². The first kappa shape index (κ1) is 25.0. The molecule has 0 aromatic heterocycles. The van der Waals surface area contributed by atoms with Crippen molar-refractivity contribution >= 4 is 29.1 Å². The van der Waals surface area contributed by atoms with Gasteiger partial charge in [0.1, 0.15) is 18.1 Å². The third-order valence-corrected chi connectivity index (χ3v) is 6.43. The zero-order valence-corrected chi connectivity index (χ0v) is 20.2. The summed E-state index contributed by atoms with van der Waals surface area (Å²) in [5, 5.41) is 11.7. The third kappa shape index (κ3) is 5.75. The van der Waals surface area contributed by atoms with Crippen LogP contribution in [0.2, 0.25) is 5.02 Å². The zero-order valence-electron chi connectivity index (χ0n) is 19.5. The van der Waals surface area contributed by atoms with Gasteiger partial charge in [0.25, 0.3) is 11.7 Å². The Morgan fingerprint density at radius 3 is 2.60 bits per heavy atom. The van der Waals surface area contributed by atoms with Crippen molar-refractivity contribution in [3.05, 3.63) is 82.9 Å². The maximum Gasteiger partial charge on any atom is 0.295 e. The molecule has 2 aliphatic heterocycles. The maximum absolute atomic E-state index is 13.2. The monoisotopic (exact) mass is 496 g/mol. The topological polar surface area (TPSA) is 79.3 Å². The SMILES string of the molecule is C=CCOc1cccc([C@@H]2/C(=C(\O)c3ccc(Cl)cc3)C(=O)C(=O)N2CCCN2CCOCC2)c1. The predicted octanol–water partition coefficient (Wildman–Crippen LogP) is 4.05. The summed E-state index contributed by atoms with van der Waals surface area (Å²) in [5.41, 5.74) is 1.17. The summed E-state index contributed by atoms with van der Waals surface area (Å²) in [6.07, 6.45) is 2.34. The number of aliphatic hydroxyl groups is 1. The molecule has 0 spiro atoms. The maximum atomic E-state index is 13.2. The highest BCUT2D eigenvalue weighted by Crippen LogP contribution is 2.40. The average molecular weight is 497 g/mol. The molecule has 0 bridgehead atoms. The number of amides is 1. The Hall–Kier alpha value is -3.13. The number of carbonyl (C=O) groups is 2. The van der Waals surface area contributed by atoms with E-state index in [1.807, 2.05) is 12.1 Å². The number of morpholine rings is 1. The molecule has 8 heteroatoms. The van der Waals surface area contributed by atoms with Crippen molar-refractivity contribution in [1.82, 2.24) is 9.80 Å². The van der Waals surface area contributed by atoms with E-state index >= 15 is 0 Å². The number of Topliss-reactive ketones (excluding diaryl/α,β-unsaturated/α-hetero) is 1. The lowest BCUT2D eigenvalue weighted by Crippen LogP contribution is -2.38. The molecule has 2 aromatic rings. The number of hydrogen-bond donors (Lipinski definition) is 1. The van der Waals surface area contributed by atoms with Crippen LogP contribution < -0.4 is 4.74 Å². The molecule has 1 N–H and O–H groups in total. The number of nitrogens with zero attached hydrogens (tertiary/aromatic N) is 2. The fourth-order valence-electron chi connectivity index (χ4n) is 4.44. The summed E-state index contributed by atoms with van der Waals surface area (Å²) in [5.74, 6) is -0.956. The summed E-state index contributed by atoms with van der Waals surface area (Å²) in [6, 6.07) is 13.0. The van der Waals surface area contributed by atoms with Gasteiger partial charge >= 0.3 is 0 Å². The number of hydrogen-bond acceptors (Lipinski definition) is 6. The number of benzene rings is 2. The van der Waals surface area contributed by atoms with Crippen molar-refractivity contribution in [3.63, 3.8) is 0 Å². The third-order valence-electron chi connectivity index (χ3n) is 6.18. The molecule has 0 radical (unpaired) electrons. The second-order valence-corrected chi connectivity index (χ2v) is 8.92. The van der Waals surface area contributed by atoms with Gasteiger partial charge in [-0.3, -0.25) is 14.5 Å². The molecule has 1 amide bonds. The fraction of sp³-hybridized carbons (Fsp3) is 0.333. The number of rotatable bonds is 9. The molecular formula is C27H29ClN2O5. The summed E-state index contributed by atoms with van der Waals surface area (Å²) < 4.78 is 11.1. The predicted molar refractivity (Wildman–Crippen MR) is 134 cm³/mol. The molecule has 7 nitrogen and oxygen atoms in total. The van der Waals surface area contributed by atoms with Crippen LogP contribution in [0.4, 0.5) is 0 Å². The molecule has 2 aromatic carbocycles. The molecule has 0 unspecified atom stereocenters. The largest absolute Gasteiger partial charge is 0.507 e. The van der Waals surface area contributed by atoms with Crippen LogP contribution >= 0.6 is 11.6 Å². The molecule has 35 heavy (non-hydrogen) atoms. The van der Waals surface area contributed by atoms with Gasteiger partial charge in [0.15, 0.2) is 0 Å². The molecule has 2 aliphatic rings. The summed E-state index contributed by atoms with van der Waals surface area (Å²) in [6.45, 7) is 8.26. The Labute approximate surface area is 210 Å². The van der Waals surface area contributed by atoms with E-state index in [9.17, 15) is 14.7 Å². The van der Waals surface area contributed by atoms with Gasteiger partial charge < -0.3 is 19.5 Å². The molecule has 2 heterocycles. The number of ketones is 1. The highest BCUT2D eigenvalue weighted by Gasteiger charge is 2.46. The highest BCUT2D eigenvalue weighted by atomic mass is 35.5. The Bertz CT molecular complexity index is 1110. The van der Waals surface area contributed by atoms with Crippen LogP contribution in [0.3, 0.4) is 0 Å². The van der Waals surface area contributed by atoms with Crippen molar-refractivity contribution < 1.29 is 24.2 Å². The number of aliphatic hydroxyl groups excluding tert-OH is 1. The van der Waals surface area contributed by atoms with Crippen LogP contribution in [-0.4, -0.2) is 72.6 Å². The van der Waals surface area contributed by atoms with Crippen molar-refractivity contribution in [1.29, 1.82) is 0 Å². The first-order chi connectivity index (χ1) is 17.0. The summed E-state index contributed by atoms with van der Waals surface area (Å²) in [4.78, 5) is 30.2. The van der Waals surface area contributed by atoms with E-state index < -0.39 is 17.7 Å². The van der Waals surface area contributed by atoms with E-state index in [1.165, 1.54) is 0 Å². The van der Waals surface area contributed by atoms with Crippen LogP contribution in [0.25, 0.3) is 5.76 Å². The molecule has 1 atom stereocenters. The quantitative estimate of drug-likeness (QED) is 0.244. The minimum Gasteiger partial charge on any atom is -0.507 e. The molecule has 2 saturated heterocycles. The van der Waals surface area contributed by atoms with Gasteiger partial charge in [-0.15, -0.1) is 0 Å². The summed E-state index contributed by atoms with van der Waals surface area (Å²) in [7, 11) is 0. The number of halogens is 1. The Kier molecular flexibility index (Phi) is 8.23. The Balaban J connectivity index is 1.68. The van der Waals surface area contributed by atoms with Gasteiger partial charge in [-0.25, -0.2) is 0 Å². The number of ether oxygens (including phenoxy) is 2. The van der Waals surface area contributed by atoms with E-state index in [2.05, 4.69) is 11.5 Å². The Morgan fingerprint density at radius 1 is 1.14 bits per heavy atom. The van der Waals surface area contributed by atoms with Gasteiger partial charge in [0.05, 0.1) is 24.8 Å². The van der Waals surface area contributed by atoms with E-state index in [0.29, 0.717) is 54.7 Å². The lowest BCUT2D eigenvalue weighted by Gasteiger charge is -2.29. The first-order valence-electron chi connectivity index (χ1n) is 11.7. The molecule has 2 fully saturated rings. The molecule has 4 rings (SSSR count). The number of likely N-dealkylation sites (tertiary alicyclic amines) is 1. The van der Waals surface area contributed by atoms with Gasteiger partial charge in [-0.05, 0) is 48.4 Å². The second-order valence-electron chi connectivity index (χ2n) is 8.48. The number of carbonyl (C=O) groups excluding carboxylic acids is 2. The normalized spacial score (nSPS) is 20.3. The zero-order chi connectivity index (χ0) is 24.8. The summed E-state index contributed by atoms with van der Waals surface area (Å²) >= 11 is 6.00. The van der Waals surface area contributed by atoms with Crippen molar-refractivity contribution in [2.45, 2.75) is 12.5 Å². The van der Waals surface area contributed by atoms with E-state index in [0.717, 1.165) is 19.6 Å². The van der Waals surface area contributed by atoms with Gasteiger partial charge in [0, 0.05) is 36.8 Å². The molecule has 0 saturated carbocycles. The minimum atomic E-state index is -0.734. The minimum absolute atomic E-state index is 0.0598. The van der Waals surface area contributed by atoms with Crippen LogP contribution in [0.5, 0.6) is 5.75 Å². The molecule has 184 valence electrons. The van der Waals surface area contributed by atoms with Gasteiger partial charge in [-0.2, -0.15) is 0 Å². The lowest BCUT2D eigenvalue weighted by molar-refractivity contribution is -0.140. The molecule has 0 aliphatic carbocycles. The van der Waals surface area contributed by atoms with Crippen LogP contribution in [0.15, 0.2) is 66.8 Å². The van der Waals surface area contributed by atoms with Crippen LogP contribution in [-0.2, 0) is 14.3 Å². The fourth-order valence-corrected chi connectivity index (χ4v) is 4.57. The van der Waals surface area contributed by atoms with Gasteiger partial charge in [0.2, 0.25) is 0 Å². The van der Waals surface area contributed by atoms with Crippen molar-refractivity contribution in [2.75, 3.05) is 46.0 Å². The van der Waals surface area contributed by atoms with Crippen LogP contribution in [0, 0.1) is 0 Å². The average Bonchev–Trinajstić information content (AvgIpc) is 3.13. The van der Waals surface area contributed by atoms with Crippen molar-refractivity contribution in [2.24, 2.45) is 0 Å². The lowest BCUT2D eigenvalue weighted by atomic mass is 9.95. The van der Waals surface area contributed by atoms with Crippen molar-refractivity contribution in [3.8, 4) is 5.75 Å². The van der Waals surface area contributed by atoms with Crippen LogP contribution in [0.1, 0.15) is 23.6 Å². The highest BCUT2D eigenvalue weighted by molar-refractivity contribution is 6.46. The second kappa shape index (κ2) is 11.5. The Morgan fingerprint density at radius 2 is 1.89 bits per heavy atom. The van der Waals surface area contributed by atoms with E-state index in [4.69, 9.17) is 21.1 Å². The standard InChI is InChI=1S/C27H29ClN2O5/c1-2-15-35-22-6-3-5-20(18-22)24-23(25(31)19-7-9-21(28)10-8-19)26(32)27(33)30(24)12-4-11-29-13-16-34-17-14-29/h2-3,5-10,18,24,31H,1,4,11-17H2/b25-23+/t24-/m1/s1. The smallest absolute Gasteiger partial charge is 0.295 e. The van der Waals surface area contributed by atoms with Gasteiger partial charge in [-0.1, -0.05) is 36.4 Å². The molecular weight excluding hydrogens is 468 g/mol. The first-order valence-corrected chi connectivity index (χ1v) is 12.1. The van der Waals surface area contributed by atoms with E-state index in [-0.39, 0.29) is 11.3 Å².